The van der Waals surface area contributed by atoms with Gasteiger partial charge in [-0.2, -0.15) is 0 Å². The zero-order chi connectivity index (χ0) is 20.7. The summed E-state index contributed by atoms with van der Waals surface area (Å²) in [4.78, 5) is 26.9. The van der Waals surface area contributed by atoms with Gasteiger partial charge in [-0.3, -0.25) is 9.59 Å². The summed E-state index contributed by atoms with van der Waals surface area (Å²) in [5.74, 6) is 0.0937. The molecular formula is C22H27ClN2O3. The van der Waals surface area contributed by atoms with Crippen molar-refractivity contribution < 1.29 is 14.3 Å². The molecule has 0 unspecified atom stereocenters. The first-order valence-electron chi connectivity index (χ1n) is 9.30. The van der Waals surface area contributed by atoms with Crippen LogP contribution in [-0.2, 0) is 16.1 Å². The molecule has 0 spiro atoms. The highest BCUT2D eigenvalue weighted by atomic mass is 35.5. The van der Waals surface area contributed by atoms with Gasteiger partial charge >= 0.3 is 0 Å². The topological polar surface area (TPSA) is 58.6 Å². The third-order valence-corrected chi connectivity index (χ3v) is 4.50. The van der Waals surface area contributed by atoms with E-state index in [1.54, 1.807) is 31.2 Å². The van der Waals surface area contributed by atoms with Gasteiger partial charge in [0.05, 0.1) is 0 Å². The number of carbonyl (C=O) groups excluding carboxylic acids is 2. The van der Waals surface area contributed by atoms with Crippen LogP contribution >= 0.6 is 11.6 Å². The van der Waals surface area contributed by atoms with Crippen LogP contribution < -0.4 is 10.1 Å². The molecular weight excluding hydrogens is 376 g/mol. The maximum Gasteiger partial charge on any atom is 0.261 e. The standard InChI is InChI=1S/C22H27ClN2O3/c1-15(2)24-22(27)17(4)25(13-18-7-5-16(3)6-8-18)21(26)14-28-20-11-9-19(23)10-12-20/h5-12,15,17H,13-14H2,1-4H3,(H,24,27)/t17-/m0/s1. The molecule has 0 saturated heterocycles. The van der Waals surface area contributed by atoms with Gasteiger partial charge in [0.25, 0.3) is 5.91 Å². The Morgan fingerprint density at radius 3 is 2.21 bits per heavy atom. The average molecular weight is 403 g/mol. The van der Waals surface area contributed by atoms with Crippen molar-refractivity contribution in [2.24, 2.45) is 0 Å². The van der Waals surface area contributed by atoms with Crippen LogP contribution in [0.4, 0.5) is 0 Å². The number of hydrogen-bond acceptors (Lipinski definition) is 3. The molecule has 2 aromatic rings. The van der Waals surface area contributed by atoms with Gasteiger partial charge in [-0.05, 0) is 57.5 Å². The Bertz CT molecular complexity index is 788. The number of nitrogens with one attached hydrogen (secondary N) is 1. The summed E-state index contributed by atoms with van der Waals surface area (Å²) in [5.41, 5.74) is 2.09. The highest BCUT2D eigenvalue weighted by Gasteiger charge is 2.26. The molecule has 0 aliphatic rings. The van der Waals surface area contributed by atoms with Crippen molar-refractivity contribution in [1.82, 2.24) is 10.2 Å². The van der Waals surface area contributed by atoms with Crippen LogP contribution in [0.2, 0.25) is 5.02 Å². The van der Waals surface area contributed by atoms with E-state index in [4.69, 9.17) is 16.3 Å². The molecule has 0 aliphatic carbocycles. The Hall–Kier alpha value is -2.53. The molecule has 1 N–H and O–H groups in total. The van der Waals surface area contributed by atoms with E-state index in [9.17, 15) is 9.59 Å². The van der Waals surface area contributed by atoms with E-state index in [0.717, 1.165) is 11.1 Å². The first kappa shape index (κ1) is 21.8. The van der Waals surface area contributed by atoms with Crippen molar-refractivity contribution in [3.63, 3.8) is 0 Å². The number of hydrogen-bond donors (Lipinski definition) is 1. The lowest BCUT2D eigenvalue weighted by Gasteiger charge is -2.29. The minimum atomic E-state index is -0.620. The van der Waals surface area contributed by atoms with E-state index in [-0.39, 0.29) is 24.5 Å². The lowest BCUT2D eigenvalue weighted by atomic mass is 10.1. The minimum absolute atomic E-state index is 0.00315. The molecule has 28 heavy (non-hydrogen) atoms. The van der Waals surface area contributed by atoms with Crippen molar-refractivity contribution in [3.8, 4) is 5.75 Å². The number of carbonyl (C=O) groups is 2. The van der Waals surface area contributed by atoms with E-state index >= 15 is 0 Å². The number of ether oxygens (including phenoxy) is 1. The van der Waals surface area contributed by atoms with Gasteiger partial charge in [-0.25, -0.2) is 0 Å². The molecule has 0 saturated carbocycles. The molecule has 0 aliphatic heterocycles. The number of nitrogens with zero attached hydrogens (tertiary/aromatic N) is 1. The molecule has 1 atom stereocenters. The predicted octanol–water partition coefficient (Wildman–Crippen LogP) is 3.97. The van der Waals surface area contributed by atoms with Crippen LogP contribution in [0.15, 0.2) is 48.5 Å². The molecule has 0 fully saturated rings. The fourth-order valence-corrected chi connectivity index (χ4v) is 2.76. The van der Waals surface area contributed by atoms with E-state index in [1.807, 2.05) is 45.0 Å². The summed E-state index contributed by atoms with van der Waals surface area (Å²) >= 11 is 5.87. The van der Waals surface area contributed by atoms with E-state index in [2.05, 4.69) is 5.32 Å². The largest absolute Gasteiger partial charge is 0.484 e. The van der Waals surface area contributed by atoms with Crippen molar-refractivity contribution in [2.75, 3.05) is 6.61 Å². The summed E-state index contributed by atoms with van der Waals surface area (Å²) < 4.78 is 5.59. The summed E-state index contributed by atoms with van der Waals surface area (Å²) in [7, 11) is 0. The summed E-state index contributed by atoms with van der Waals surface area (Å²) in [5, 5.41) is 3.46. The Kier molecular flexibility index (Phi) is 7.88. The van der Waals surface area contributed by atoms with Gasteiger partial charge in [0, 0.05) is 17.6 Å². The molecule has 2 aromatic carbocycles. The summed E-state index contributed by atoms with van der Waals surface area (Å²) in [6.07, 6.45) is 0. The fraction of sp³-hybridized carbons (Fsp3) is 0.364. The maximum atomic E-state index is 12.9. The molecule has 2 amide bonds. The van der Waals surface area contributed by atoms with Crippen LogP contribution in [0.1, 0.15) is 31.9 Å². The smallest absolute Gasteiger partial charge is 0.261 e. The van der Waals surface area contributed by atoms with Crippen molar-refractivity contribution >= 4 is 23.4 Å². The second-order valence-electron chi connectivity index (χ2n) is 7.09. The summed E-state index contributed by atoms with van der Waals surface area (Å²) in [6.45, 7) is 7.68. The lowest BCUT2D eigenvalue weighted by Crippen LogP contribution is -2.50. The molecule has 0 aromatic heterocycles. The molecule has 6 heteroatoms. The average Bonchev–Trinajstić information content (AvgIpc) is 2.65. The molecule has 0 bridgehead atoms. The van der Waals surface area contributed by atoms with Crippen molar-refractivity contribution in [3.05, 3.63) is 64.7 Å². The van der Waals surface area contributed by atoms with E-state index in [0.29, 0.717) is 17.3 Å². The second kappa shape index (κ2) is 10.1. The van der Waals surface area contributed by atoms with Gasteiger partial charge in [0.1, 0.15) is 11.8 Å². The Balaban J connectivity index is 2.12. The highest BCUT2D eigenvalue weighted by Crippen LogP contribution is 2.16. The van der Waals surface area contributed by atoms with Crippen LogP contribution in [0.5, 0.6) is 5.75 Å². The Labute approximate surface area is 171 Å². The zero-order valence-corrected chi connectivity index (χ0v) is 17.5. The SMILES string of the molecule is Cc1ccc(CN(C(=O)COc2ccc(Cl)cc2)[C@@H](C)C(=O)NC(C)C)cc1. The van der Waals surface area contributed by atoms with Crippen molar-refractivity contribution in [2.45, 2.75) is 46.3 Å². The molecule has 0 radical (unpaired) electrons. The van der Waals surface area contributed by atoms with E-state index in [1.165, 1.54) is 4.90 Å². The third-order valence-electron chi connectivity index (χ3n) is 4.25. The lowest BCUT2D eigenvalue weighted by molar-refractivity contribution is -0.142. The predicted molar refractivity (Wildman–Crippen MR) is 111 cm³/mol. The highest BCUT2D eigenvalue weighted by molar-refractivity contribution is 6.30. The molecule has 0 heterocycles. The first-order chi connectivity index (χ1) is 13.3. The second-order valence-corrected chi connectivity index (χ2v) is 7.53. The van der Waals surface area contributed by atoms with Crippen LogP contribution in [0.3, 0.4) is 0 Å². The van der Waals surface area contributed by atoms with Gasteiger partial charge in [0.2, 0.25) is 5.91 Å². The number of aryl methyl sites for hydroxylation is 1. The Morgan fingerprint density at radius 1 is 1.04 bits per heavy atom. The fourth-order valence-electron chi connectivity index (χ4n) is 2.64. The van der Waals surface area contributed by atoms with Crippen molar-refractivity contribution in [1.29, 1.82) is 0 Å². The normalized spacial score (nSPS) is 11.8. The monoisotopic (exact) mass is 402 g/mol. The van der Waals surface area contributed by atoms with Gasteiger partial charge in [0.15, 0.2) is 6.61 Å². The third kappa shape index (κ3) is 6.57. The number of rotatable bonds is 8. The minimum Gasteiger partial charge on any atom is -0.484 e. The van der Waals surface area contributed by atoms with Gasteiger partial charge in [-0.15, -0.1) is 0 Å². The maximum absolute atomic E-state index is 12.9. The van der Waals surface area contributed by atoms with E-state index < -0.39 is 6.04 Å². The van der Waals surface area contributed by atoms with Crippen LogP contribution in [0.25, 0.3) is 0 Å². The number of halogens is 1. The molecule has 5 nitrogen and oxygen atoms in total. The quantitative estimate of drug-likeness (QED) is 0.726. The first-order valence-corrected chi connectivity index (χ1v) is 9.68. The molecule has 150 valence electrons. The molecule has 2 rings (SSSR count). The number of amides is 2. The van der Waals surface area contributed by atoms with Crippen LogP contribution in [-0.4, -0.2) is 35.4 Å². The van der Waals surface area contributed by atoms with Gasteiger partial charge in [-0.1, -0.05) is 41.4 Å². The van der Waals surface area contributed by atoms with Crippen LogP contribution in [0, 0.1) is 6.92 Å². The number of benzene rings is 2. The summed E-state index contributed by atoms with van der Waals surface area (Å²) in [6, 6.07) is 14.1. The zero-order valence-electron chi connectivity index (χ0n) is 16.7. The Morgan fingerprint density at radius 2 is 1.64 bits per heavy atom. The van der Waals surface area contributed by atoms with Gasteiger partial charge < -0.3 is 15.0 Å².